The second-order valence-corrected chi connectivity index (χ2v) is 13.5. The summed E-state index contributed by atoms with van der Waals surface area (Å²) in [7, 11) is -4.15. The molecule has 0 saturated carbocycles. The lowest BCUT2D eigenvalue weighted by molar-refractivity contribution is -0.120. The van der Waals surface area contributed by atoms with Gasteiger partial charge in [-0.15, -0.1) is 0 Å². The predicted octanol–water partition coefficient (Wildman–Crippen LogP) is 5.48. The molecule has 12 heteroatoms. The van der Waals surface area contributed by atoms with Gasteiger partial charge in [0, 0.05) is 39.9 Å². The van der Waals surface area contributed by atoms with Gasteiger partial charge >= 0.3 is 6.03 Å². The normalized spacial score (nSPS) is 18.7. The third kappa shape index (κ3) is 5.99. The summed E-state index contributed by atoms with van der Waals surface area (Å²) < 4.78 is 28.1. The fraction of sp³-hybridized carbons (Fsp3) is 0.355. The third-order valence-corrected chi connectivity index (χ3v) is 10.5. The van der Waals surface area contributed by atoms with Crippen molar-refractivity contribution in [1.82, 2.24) is 15.5 Å². The summed E-state index contributed by atoms with van der Waals surface area (Å²) in [6, 6.07) is 15.7. The first kappa shape index (κ1) is 31.3. The molecule has 9 nitrogen and oxygen atoms in total. The summed E-state index contributed by atoms with van der Waals surface area (Å²) in [5.74, 6) is -0.113. The fourth-order valence-corrected chi connectivity index (χ4v) is 7.81. The van der Waals surface area contributed by atoms with Crippen molar-refractivity contribution in [2.75, 3.05) is 43.4 Å². The number of hydrogen-bond donors (Lipinski definition) is 4. The van der Waals surface area contributed by atoms with E-state index in [9.17, 15) is 18.0 Å². The average Bonchev–Trinajstić information content (AvgIpc) is 3.28. The molecule has 4 N–H and O–H groups in total. The zero-order chi connectivity index (χ0) is 30.8. The lowest BCUT2D eigenvalue weighted by atomic mass is 9.82. The zero-order valence-electron chi connectivity index (χ0n) is 24.0. The van der Waals surface area contributed by atoms with E-state index in [2.05, 4.69) is 21.3 Å². The maximum absolute atomic E-state index is 14.0. The minimum absolute atomic E-state index is 0.00929. The highest BCUT2D eigenvalue weighted by atomic mass is 35.5. The van der Waals surface area contributed by atoms with Crippen LogP contribution in [0.4, 0.5) is 16.2 Å². The van der Waals surface area contributed by atoms with E-state index < -0.39 is 21.3 Å². The zero-order valence-corrected chi connectivity index (χ0v) is 26.4. The smallest absolute Gasteiger partial charge is 0.321 e. The first-order valence-electron chi connectivity index (χ1n) is 14.4. The van der Waals surface area contributed by atoms with E-state index >= 15 is 0 Å². The summed E-state index contributed by atoms with van der Waals surface area (Å²) in [5, 5.41) is 13.0. The number of benzene rings is 3. The molecular weight excluding hydrogens is 609 g/mol. The van der Waals surface area contributed by atoms with Crippen molar-refractivity contribution in [3.8, 4) is 0 Å². The largest absolute Gasteiger partial charge is 0.325 e. The van der Waals surface area contributed by atoms with Gasteiger partial charge < -0.3 is 20.9 Å². The van der Waals surface area contributed by atoms with Gasteiger partial charge in [-0.05, 0) is 94.7 Å². The van der Waals surface area contributed by atoms with E-state index in [1.807, 2.05) is 13.8 Å². The first-order chi connectivity index (χ1) is 20.6. The number of piperidine rings is 1. The Balaban J connectivity index is 1.56. The number of urea groups is 1. The molecule has 3 amide bonds. The Morgan fingerprint density at radius 1 is 1.00 bits per heavy atom. The van der Waals surface area contributed by atoms with Crippen LogP contribution in [0, 0.1) is 5.92 Å². The molecule has 5 rings (SSSR count). The molecule has 43 heavy (non-hydrogen) atoms. The van der Waals surface area contributed by atoms with Gasteiger partial charge in [-0.2, -0.15) is 0 Å². The van der Waals surface area contributed by atoms with E-state index in [0.717, 1.165) is 25.9 Å². The lowest BCUT2D eigenvalue weighted by Gasteiger charge is -2.33. The van der Waals surface area contributed by atoms with Crippen LogP contribution in [0.2, 0.25) is 10.0 Å². The van der Waals surface area contributed by atoms with Crippen LogP contribution >= 0.6 is 23.2 Å². The molecule has 0 aromatic heterocycles. The van der Waals surface area contributed by atoms with Crippen LogP contribution in [0.5, 0.6) is 0 Å². The molecule has 0 bridgehead atoms. The summed E-state index contributed by atoms with van der Waals surface area (Å²) in [5.41, 5.74) is 0.0765. The molecule has 1 atom stereocenters. The Bertz CT molecular complexity index is 1620. The van der Waals surface area contributed by atoms with Gasteiger partial charge in [0.1, 0.15) is 0 Å². The number of fused-ring (bicyclic) bond motifs is 1. The number of amides is 3. The van der Waals surface area contributed by atoms with E-state index in [1.54, 1.807) is 35.2 Å². The van der Waals surface area contributed by atoms with Crippen LogP contribution in [0.3, 0.4) is 0 Å². The number of halogens is 2. The van der Waals surface area contributed by atoms with E-state index in [0.29, 0.717) is 47.4 Å². The van der Waals surface area contributed by atoms with Gasteiger partial charge in [0.25, 0.3) is 5.91 Å². The molecule has 0 radical (unpaired) electrons. The number of sulfone groups is 1. The van der Waals surface area contributed by atoms with Crippen molar-refractivity contribution >= 4 is 56.4 Å². The molecule has 1 saturated heterocycles. The summed E-state index contributed by atoms with van der Waals surface area (Å²) in [6.45, 7) is 7.15. The minimum Gasteiger partial charge on any atom is -0.325 e. The lowest BCUT2D eigenvalue weighted by Crippen LogP contribution is -2.51. The first-order valence-corrected chi connectivity index (χ1v) is 16.6. The summed E-state index contributed by atoms with van der Waals surface area (Å²) in [6.07, 6.45) is 1.89. The number of carbonyl (C=O) groups is 2. The van der Waals surface area contributed by atoms with Crippen molar-refractivity contribution < 1.29 is 18.0 Å². The quantitative estimate of drug-likeness (QED) is 0.245. The van der Waals surface area contributed by atoms with Gasteiger partial charge in [0.2, 0.25) is 9.84 Å². The number of rotatable bonds is 9. The van der Waals surface area contributed by atoms with E-state index in [4.69, 9.17) is 23.2 Å². The molecular formula is C31H35Cl2N5O4S. The van der Waals surface area contributed by atoms with Crippen LogP contribution in [-0.2, 0) is 20.2 Å². The number of nitrogens with one attached hydrogen (secondary N) is 4. The molecule has 228 valence electrons. The SMILES string of the molecule is CCN(CC)C(=O)Nc1ccc(S(=O)(=O)c2cc(Cl)cc3c2NC(=O)C3(NCC2CCNCC2)c2ccccc2Cl)cc1. The van der Waals surface area contributed by atoms with Crippen molar-refractivity contribution in [3.63, 3.8) is 0 Å². The maximum atomic E-state index is 14.0. The van der Waals surface area contributed by atoms with Crippen molar-refractivity contribution in [2.24, 2.45) is 5.92 Å². The maximum Gasteiger partial charge on any atom is 0.321 e. The van der Waals surface area contributed by atoms with E-state index in [1.165, 1.54) is 30.3 Å². The van der Waals surface area contributed by atoms with E-state index in [-0.39, 0.29) is 26.5 Å². The fourth-order valence-electron chi connectivity index (χ4n) is 5.79. The molecule has 1 fully saturated rings. The molecule has 0 aliphatic carbocycles. The Kier molecular flexibility index (Phi) is 9.34. The van der Waals surface area contributed by atoms with Gasteiger partial charge in [-0.1, -0.05) is 41.4 Å². The number of nitrogens with zero attached hydrogens (tertiary/aromatic N) is 1. The van der Waals surface area contributed by atoms with Gasteiger partial charge in [-0.25, -0.2) is 13.2 Å². The van der Waals surface area contributed by atoms with Crippen LogP contribution < -0.4 is 21.3 Å². The summed E-state index contributed by atoms with van der Waals surface area (Å²) in [4.78, 5) is 28.0. The van der Waals surface area contributed by atoms with Crippen molar-refractivity contribution in [2.45, 2.75) is 42.0 Å². The molecule has 2 aliphatic heterocycles. The Morgan fingerprint density at radius 3 is 2.33 bits per heavy atom. The minimum atomic E-state index is -4.15. The number of carbonyl (C=O) groups excluding carboxylic acids is 2. The number of hydrogen-bond acceptors (Lipinski definition) is 6. The predicted molar refractivity (Wildman–Crippen MR) is 170 cm³/mol. The molecule has 3 aromatic rings. The molecule has 2 heterocycles. The monoisotopic (exact) mass is 643 g/mol. The van der Waals surface area contributed by atoms with Gasteiger partial charge in [0.15, 0.2) is 5.54 Å². The molecule has 0 spiro atoms. The van der Waals surface area contributed by atoms with Crippen molar-refractivity contribution in [1.29, 1.82) is 0 Å². The second kappa shape index (κ2) is 12.8. The van der Waals surface area contributed by atoms with Crippen LogP contribution in [0.15, 0.2) is 70.5 Å². The second-order valence-electron chi connectivity index (χ2n) is 10.7. The third-order valence-electron chi connectivity index (χ3n) is 8.20. The van der Waals surface area contributed by atoms with Crippen LogP contribution in [0.1, 0.15) is 37.8 Å². The van der Waals surface area contributed by atoms with Crippen molar-refractivity contribution in [3.05, 3.63) is 81.8 Å². The Morgan fingerprint density at radius 2 is 1.67 bits per heavy atom. The molecule has 1 unspecified atom stereocenters. The average molecular weight is 645 g/mol. The molecule has 3 aromatic carbocycles. The highest BCUT2D eigenvalue weighted by Gasteiger charge is 2.51. The van der Waals surface area contributed by atoms with Gasteiger partial charge in [-0.3, -0.25) is 10.1 Å². The molecule has 2 aliphatic rings. The Hall–Kier alpha value is -3.15. The van der Waals surface area contributed by atoms with Gasteiger partial charge in [0.05, 0.1) is 15.5 Å². The number of anilines is 2. The summed E-state index contributed by atoms with van der Waals surface area (Å²) >= 11 is 13.3. The van der Waals surface area contributed by atoms with Crippen LogP contribution in [0.25, 0.3) is 0 Å². The Labute approximate surface area is 262 Å². The standard InChI is InChI=1S/C31H35Cl2N5O4S/c1-3-38(4-2)30(40)36-22-9-11-23(12-10-22)43(41,42)27-18-21(32)17-25-28(27)37-29(39)31(25,24-7-5-6-8-26(24)33)35-19-20-13-15-34-16-14-20/h5-12,17-18,20,34-35H,3-4,13-16,19H2,1-2H3,(H,36,40)(H,37,39). The topological polar surface area (TPSA) is 120 Å². The highest BCUT2D eigenvalue weighted by molar-refractivity contribution is 7.91. The van der Waals surface area contributed by atoms with Crippen LogP contribution in [-0.4, -0.2) is 58.0 Å². The highest BCUT2D eigenvalue weighted by Crippen LogP contribution is 2.48.